The highest BCUT2D eigenvalue weighted by Crippen LogP contribution is 2.26. The Morgan fingerprint density at radius 1 is 1.59 bits per heavy atom. The van der Waals surface area contributed by atoms with E-state index < -0.39 is 0 Å². The Kier molecular flexibility index (Phi) is 3.47. The molecule has 0 saturated carbocycles. The molecule has 1 amide bonds. The average Bonchev–Trinajstić information content (AvgIpc) is 2.33. The number of rotatable bonds is 2. The highest BCUT2D eigenvalue weighted by molar-refractivity contribution is 6.30. The highest BCUT2D eigenvalue weighted by Gasteiger charge is 2.25. The molecule has 0 spiro atoms. The lowest BCUT2D eigenvalue weighted by Crippen LogP contribution is -2.41. The molecule has 1 unspecified atom stereocenters. The van der Waals surface area contributed by atoms with Gasteiger partial charge in [0.25, 0.3) is 0 Å². The molecule has 2 heterocycles. The van der Waals surface area contributed by atoms with Gasteiger partial charge >= 0.3 is 0 Å². The van der Waals surface area contributed by atoms with Crippen molar-refractivity contribution in [1.29, 1.82) is 0 Å². The van der Waals surface area contributed by atoms with E-state index in [0.717, 1.165) is 30.8 Å². The van der Waals surface area contributed by atoms with Gasteiger partial charge in [0.15, 0.2) is 0 Å². The van der Waals surface area contributed by atoms with E-state index in [1.807, 2.05) is 6.92 Å². The SMILES string of the molecule is Cc1c(Cl)ncnc1N1CCCC(C(N)=O)C1. The number of nitrogens with two attached hydrogens (primary N) is 1. The lowest BCUT2D eigenvalue weighted by Gasteiger charge is -2.32. The van der Waals surface area contributed by atoms with Crippen LogP contribution in [0.25, 0.3) is 0 Å². The van der Waals surface area contributed by atoms with Crippen molar-refractivity contribution < 1.29 is 4.79 Å². The van der Waals surface area contributed by atoms with Crippen LogP contribution in [0.5, 0.6) is 0 Å². The summed E-state index contributed by atoms with van der Waals surface area (Å²) >= 11 is 5.96. The Bertz CT molecular complexity index is 437. The van der Waals surface area contributed by atoms with Crippen LogP contribution >= 0.6 is 11.6 Å². The van der Waals surface area contributed by atoms with Gasteiger partial charge in [0, 0.05) is 18.7 Å². The second kappa shape index (κ2) is 4.87. The molecule has 1 saturated heterocycles. The molecule has 1 aliphatic rings. The van der Waals surface area contributed by atoms with Crippen molar-refractivity contribution in [3.8, 4) is 0 Å². The first-order valence-electron chi connectivity index (χ1n) is 5.61. The maximum absolute atomic E-state index is 11.2. The average molecular weight is 255 g/mol. The Morgan fingerprint density at radius 3 is 3.06 bits per heavy atom. The van der Waals surface area contributed by atoms with E-state index in [2.05, 4.69) is 14.9 Å². The molecule has 2 N–H and O–H groups in total. The number of piperidine rings is 1. The first-order chi connectivity index (χ1) is 8.09. The molecular formula is C11H15ClN4O. The number of aromatic nitrogens is 2. The molecule has 0 aromatic carbocycles. The van der Waals surface area contributed by atoms with Gasteiger partial charge in [0.2, 0.25) is 5.91 Å². The van der Waals surface area contributed by atoms with Gasteiger partial charge in [-0.25, -0.2) is 9.97 Å². The number of halogens is 1. The van der Waals surface area contributed by atoms with E-state index in [0.29, 0.717) is 11.7 Å². The van der Waals surface area contributed by atoms with Crippen LogP contribution in [0.3, 0.4) is 0 Å². The van der Waals surface area contributed by atoms with Crippen molar-refractivity contribution in [1.82, 2.24) is 9.97 Å². The summed E-state index contributed by atoms with van der Waals surface area (Å²) in [6, 6.07) is 0. The number of hydrogen-bond acceptors (Lipinski definition) is 4. The molecule has 5 nitrogen and oxygen atoms in total. The predicted octanol–water partition coefficient (Wildman–Crippen LogP) is 1.14. The molecule has 17 heavy (non-hydrogen) atoms. The van der Waals surface area contributed by atoms with Crippen LogP contribution in [0.1, 0.15) is 18.4 Å². The second-order valence-corrected chi connectivity index (χ2v) is 4.66. The Balaban J connectivity index is 2.22. The fourth-order valence-electron chi connectivity index (χ4n) is 2.14. The van der Waals surface area contributed by atoms with E-state index in [-0.39, 0.29) is 11.8 Å². The lowest BCUT2D eigenvalue weighted by atomic mass is 9.97. The molecule has 1 aromatic rings. The molecule has 2 rings (SSSR count). The first kappa shape index (κ1) is 12.1. The van der Waals surface area contributed by atoms with Crippen LogP contribution in [0.2, 0.25) is 5.15 Å². The third-order valence-corrected chi connectivity index (χ3v) is 3.50. The molecule has 1 aromatic heterocycles. The summed E-state index contributed by atoms with van der Waals surface area (Å²) in [7, 11) is 0. The van der Waals surface area contributed by atoms with Crippen LogP contribution in [-0.4, -0.2) is 29.0 Å². The zero-order chi connectivity index (χ0) is 12.4. The Morgan fingerprint density at radius 2 is 2.35 bits per heavy atom. The fraction of sp³-hybridized carbons (Fsp3) is 0.545. The molecule has 92 valence electrons. The zero-order valence-corrected chi connectivity index (χ0v) is 10.4. The van der Waals surface area contributed by atoms with Crippen molar-refractivity contribution in [2.75, 3.05) is 18.0 Å². The largest absolute Gasteiger partial charge is 0.369 e. The van der Waals surface area contributed by atoms with E-state index in [1.54, 1.807) is 0 Å². The van der Waals surface area contributed by atoms with Crippen molar-refractivity contribution in [2.45, 2.75) is 19.8 Å². The van der Waals surface area contributed by atoms with Crippen LogP contribution in [0.15, 0.2) is 6.33 Å². The maximum atomic E-state index is 11.2. The molecule has 0 aliphatic carbocycles. The molecule has 6 heteroatoms. The summed E-state index contributed by atoms with van der Waals surface area (Å²) in [5.41, 5.74) is 6.20. The standard InChI is InChI=1S/C11H15ClN4O/c1-7-9(12)14-6-15-11(7)16-4-2-3-8(5-16)10(13)17/h6,8H,2-5H2,1H3,(H2,13,17). The predicted molar refractivity (Wildman–Crippen MR) is 65.9 cm³/mol. The number of carbonyl (C=O) groups is 1. The number of amides is 1. The number of primary amides is 1. The van der Waals surface area contributed by atoms with Crippen molar-refractivity contribution in [2.24, 2.45) is 11.7 Å². The van der Waals surface area contributed by atoms with Gasteiger partial charge in [-0.1, -0.05) is 11.6 Å². The highest BCUT2D eigenvalue weighted by atomic mass is 35.5. The van der Waals surface area contributed by atoms with Crippen LogP contribution in [0.4, 0.5) is 5.82 Å². The Hall–Kier alpha value is -1.36. The topological polar surface area (TPSA) is 72.1 Å². The van der Waals surface area contributed by atoms with E-state index in [4.69, 9.17) is 17.3 Å². The summed E-state index contributed by atoms with van der Waals surface area (Å²) in [5, 5.41) is 0.455. The van der Waals surface area contributed by atoms with Gasteiger partial charge in [-0.2, -0.15) is 0 Å². The summed E-state index contributed by atoms with van der Waals surface area (Å²) in [6.45, 7) is 3.37. The lowest BCUT2D eigenvalue weighted by molar-refractivity contribution is -0.122. The molecule has 0 radical (unpaired) electrons. The summed E-state index contributed by atoms with van der Waals surface area (Å²) in [4.78, 5) is 21.4. The van der Waals surface area contributed by atoms with Gasteiger partial charge in [-0.15, -0.1) is 0 Å². The number of hydrogen-bond donors (Lipinski definition) is 1. The minimum atomic E-state index is -0.243. The van der Waals surface area contributed by atoms with E-state index in [9.17, 15) is 4.79 Å². The normalized spacial score (nSPS) is 20.4. The molecule has 0 bridgehead atoms. The van der Waals surface area contributed by atoms with Gasteiger partial charge in [-0.3, -0.25) is 4.79 Å². The van der Waals surface area contributed by atoms with Crippen LogP contribution in [-0.2, 0) is 4.79 Å². The Labute approximate surface area is 105 Å². The summed E-state index contributed by atoms with van der Waals surface area (Å²) in [5.74, 6) is 0.459. The first-order valence-corrected chi connectivity index (χ1v) is 5.98. The number of anilines is 1. The van der Waals surface area contributed by atoms with Crippen LogP contribution in [0, 0.1) is 12.8 Å². The quantitative estimate of drug-likeness (QED) is 0.804. The van der Waals surface area contributed by atoms with Gasteiger partial charge in [-0.05, 0) is 19.8 Å². The van der Waals surface area contributed by atoms with Crippen LogP contribution < -0.4 is 10.6 Å². The van der Waals surface area contributed by atoms with Crippen molar-refractivity contribution >= 4 is 23.3 Å². The number of nitrogens with zero attached hydrogens (tertiary/aromatic N) is 3. The minimum Gasteiger partial charge on any atom is -0.369 e. The van der Waals surface area contributed by atoms with Gasteiger partial charge in [0.05, 0.1) is 5.92 Å². The third-order valence-electron chi connectivity index (χ3n) is 3.12. The fourth-order valence-corrected chi connectivity index (χ4v) is 2.27. The summed E-state index contributed by atoms with van der Waals surface area (Å²) in [6.07, 6.45) is 3.23. The van der Waals surface area contributed by atoms with Gasteiger partial charge < -0.3 is 10.6 Å². The molecular weight excluding hydrogens is 240 g/mol. The molecule has 1 aliphatic heterocycles. The smallest absolute Gasteiger partial charge is 0.222 e. The van der Waals surface area contributed by atoms with Crippen molar-refractivity contribution in [3.05, 3.63) is 17.0 Å². The van der Waals surface area contributed by atoms with Crippen molar-refractivity contribution in [3.63, 3.8) is 0 Å². The second-order valence-electron chi connectivity index (χ2n) is 4.30. The maximum Gasteiger partial charge on any atom is 0.222 e. The van der Waals surface area contributed by atoms with Gasteiger partial charge in [0.1, 0.15) is 17.3 Å². The third kappa shape index (κ3) is 2.49. The number of carbonyl (C=O) groups excluding carboxylic acids is 1. The zero-order valence-electron chi connectivity index (χ0n) is 9.69. The molecule has 1 atom stereocenters. The minimum absolute atomic E-state index is 0.100. The summed E-state index contributed by atoms with van der Waals surface area (Å²) < 4.78 is 0. The van der Waals surface area contributed by atoms with E-state index in [1.165, 1.54) is 6.33 Å². The monoisotopic (exact) mass is 254 g/mol. The molecule has 1 fully saturated rings. The van der Waals surface area contributed by atoms with E-state index >= 15 is 0 Å².